The van der Waals surface area contributed by atoms with Crippen LogP contribution in [0, 0.1) is 6.92 Å². The molecule has 1 aliphatic rings. The van der Waals surface area contributed by atoms with E-state index in [1.54, 1.807) is 11.3 Å². The van der Waals surface area contributed by atoms with Crippen molar-refractivity contribution in [2.75, 3.05) is 13.1 Å². The normalized spacial score (nSPS) is 14.5. The number of nitrogens with zero attached hydrogens (tertiary/aromatic N) is 3. The molecule has 1 fully saturated rings. The topological polar surface area (TPSA) is 28.5 Å². The zero-order valence-electron chi connectivity index (χ0n) is 18.7. The number of halogens is 1. The number of thiazole rings is 1. The van der Waals surface area contributed by atoms with Crippen molar-refractivity contribution in [3.8, 4) is 21.8 Å². The number of aryl methyl sites for hydroxylation is 1. The molecular weight excluding hydrogens is 446 g/mol. The first-order chi connectivity index (χ1) is 16.2. The maximum absolute atomic E-state index is 6.12. The molecule has 2 heterocycles. The number of likely N-dealkylation sites (tertiary alicyclic amines) is 1. The number of hydrogen-bond acceptors (Lipinski definition) is 3. The van der Waals surface area contributed by atoms with Crippen molar-refractivity contribution in [3.05, 3.63) is 95.0 Å². The highest BCUT2D eigenvalue weighted by Crippen LogP contribution is 2.40. The Morgan fingerprint density at radius 2 is 1.55 bits per heavy atom. The highest BCUT2D eigenvalue weighted by Gasteiger charge is 2.20. The minimum atomic E-state index is 0.726. The van der Waals surface area contributed by atoms with E-state index in [9.17, 15) is 0 Å². The first kappa shape index (κ1) is 21.9. The minimum Gasteiger partial charge on any atom is -0.356 e. The summed E-state index contributed by atoms with van der Waals surface area (Å²) < 4.78 is 0. The highest BCUT2D eigenvalue weighted by molar-refractivity contribution is 7.19. The number of benzene rings is 3. The van der Waals surface area contributed by atoms with E-state index in [-0.39, 0.29) is 0 Å². The molecule has 0 N–H and O–H groups in total. The van der Waals surface area contributed by atoms with Crippen LogP contribution in [0.25, 0.3) is 21.8 Å². The van der Waals surface area contributed by atoms with Crippen molar-refractivity contribution in [2.24, 2.45) is 4.99 Å². The average Bonchev–Trinajstić information content (AvgIpc) is 3.29. The van der Waals surface area contributed by atoms with Crippen LogP contribution < -0.4 is 0 Å². The first-order valence-electron chi connectivity index (χ1n) is 11.4. The van der Waals surface area contributed by atoms with E-state index < -0.39 is 0 Å². The van der Waals surface area contributed by atoms with Crippen LogP contribution in [-0.2, 0) is 0 Å². The van der Waals surface area contributed by atoms with Gasteiger partial charge in [-0.2, -0.15) is 0 Å². The van der Waals surface area contributed by atoms with Gasteiger partial charge in [-0.1, -0.05) is 95.2 Å². The van der Waals surface area contributed by atoms with Gasteiger partial charge in [0.1, 0.15) is 21.5 Å². The summed E-state index contributed by atoms with van der Waals surface area (Å²) in [6, 6.07) is 26.9. The second-order valence-corrected chi connectivity index (χ2v) is 9.81. The summed E-state index contributed by atoms with van der Waals surface area (Å²) in [6.45, 7) is 4.20. The van der Waals surface area contributed by atoms with Crippen molar-refractivity contribution in [2.45, 2.75) is 26.2 Å². The molecule has 3 aromatic carbocycles. The van der Waals surface area contributed by atoms with Gasteiger partial charge in [0.2, 0.25) is 0 Å². The number of rotatable bonds is 4. The molecule has 33 heavy (non-hydrogen) atoms. The fraction of sp³-hybridized carbons (Fsp3) is 0.214. The third-order valence-electron chi connectivity index (χ3n) is 5.92. The molecular formula is C28H26ClN3S. The number of aliphatic imine (C=N–C) groups is 1. The van der Waals surface area contributed by atoms with Gasteiger partial charge in [-0.05, 0) is 38.3 Å². The fourth-order valence-corrected chi connectivity index (χ4v) is 5.20. The molecule has 0 atom stereocenters. The van der Waals surface area contributed by atoms with Gasteiger partial charge in [0.15, 0.2) is 0 Å². The summed E-state index contributed by atoms with van der Waals surface area (Å²) in [5, 5.41) is 2.61. The zero-order chi connectivity index (χ0) is 22.6. The van der Waals surface area contributed by atoms with Crippen molar-refractivity contribution in [1.29, 1.82) is 0 Å². The van der Waals surface area contributed by atoms with Gasteiger partial charge in [-0.15, -0.1) is 0 Å². The first-order valence-corrected chi connectivity index (χ1v) is 12.6. The van der Waals surface area contributed by atoms with Crippen LogP contribution in [0.15, 0.2) is 83.9 Å². The Morgan fingerprint density at radius 3 is 2.24 bits per heavy atom. The van der Waals surface area contributed by atoms with E-state index in [0.717, 1.165) is 56.3 Å². The van der Waals surface area contributed by atoms with Gasteiger partial charge in [-0.3, -0.25) is 0 Å². The molecule has 0 aliphatic carbocycles. The average molecular weight is 472 g/mol. The Kier molecular flexibility index (Phi) is 6.56. The fourth-order valence-electron chi connectivity index (χ4n) is 4.11. The SMILES string of the molecule is Cc1ccc(C(=Nc2sc(-c3ccc(Cl)cc3)nc2-c2ccccc2)N2CCCCC2)cc1. The molecule has 4 aromatic rings. The van der Waals surface area contributed by atoms with Gasteiger partial charge in [0, 0.05) is 34.8 Å². The molecule has 3 nitrogen and oxygen atoms in total. The van der Waals surface area contributed by atoms with Crippen LogP contribution in [0.3, 0.4) is 0 Å². The van der Waals surface area contributed by atoms with Crippen molar-refractivity contribution < 1.29 is 0 Å². The number of aromatic nitrogens is 1. The molecule has 1 aromatic heterocycles. The lowest BCUT2D eigenvalue weighted by Crippen LogP contribution is -2.36. The van der Waals surface area contributed by atoms with E-state index in [1.807, 2.05) is 30.3 Å². The maximum atomic E-state index is 6.12. The van der Waals surface area contributed by atoms with Gasteiger partial charge in [-0.25, -0.2) is 9.98 Å². The zero-order valence-corrected chi connectivity index (χ0v) is 20.2. The third-order valence-corrected chi connectivity index (χ3v) is 7.17. The monoisotopic (exact) mass is 471 g/mol. The van der Waals surface area contributed by atoms with Crippen LogP contribution in [0.4, 0.5) is 5.00 Å². The standard InChI is InChI=1S/C28H26ClN3S/c1-20-10-12-22(13-11-20)26(32-18-6-3-7-19-32)31-28-25(21-8-4-2-5-9-21)30-27(33-28)23-14-16-24(29)17-15-23/h2,4-5,8-17H,3,6-7,18-19H2,1H3. The van der Waals surface area contributed by atoms with E-state index in [1.165, 1.54) is 24.8 Å². The highest BCUT2D eigenvalue weighted by atomic mass is 35.5. The lowest BCUT2D eigenvalue weighted by Gasteiger charge is -2.30. The summed E-state index contributed by atoms with van der Waals surface area (Å²) in [6.07, 6.45) is 3.69. The van der Waals surface area contributed by atoms with Crippen molar-refractivity contribution in [1.82, 2.24) is 9.88 Å². The Morgan fingerprint density at radius 1 is 0.848 bits per heavy atom. The molecule has 166 valence electrons. The third kappa shape index (κ3) is 5.02. The number of amidine groups is 1. The Labute approximate surface area is 204 Å². The molecule has 1 saturated heterocycles. The Hall–Kier alpha value is -2.95. The second-order valence-electron chi connectivity index (χ2n) is 8.39. The quantitative estimate of drug-likeness (QED) is 0.223. The molecule has 0 saturated carbocycles. The van der Waals surface area contributed by atoms with E-state index >= 15 is 0 Å². The van der Waals surface area contributed by atoms with Crippen LogP contribution in [-0.4, -0.2) is 28.8 Å². The second kappa shape index (κ2) is 9.90. The Bertz CT molecular complexity index is 1240. The summed E-state index contributed by atoms with van der Waals surface area (Å²) >= 11 is 7.76. The lowest BCUT2D eigenvalue weighted by molar-refractivity contribution is 0.343. The predicted molar refractivity (Wildman–Crippen MR) is 141 cm³/mol. The molecule has 0 radical (unpaired) electrons. The van der Waals surface area contributed by atoms with Gasteiger partial charge in [0.25, 0.3) is 0 Å². The van der Waals surface area contributed by atoms with Crippen LogP contribution in [0.5, 0.6) is 0 Å². The molecule has 0 spiro atoms. The summed E-state index contributed by atoms with van der Waals surface area (Å²) in [7, 11) is 0. The van der Waals surface area contributed by atoms with Gasteiger partial charge in [0.05, 0.1) is 0 Å². The molecule has 5 rings (SSSR count). The summed E-state index contributed by atoms with van der Waals surface area (Å²) in [4.78, 5) is 12.8. The van der Waals surface area contributed by atoms with Gasteiger partial charge >= 0.3 is 0 Å². The maximum Gasteiger partial charge on any atom is 0.146 e. The van der Waals surface area contributed by atoms with Crippen molar-refractivity contribution >= 4 is 33.8 Å². The molecule has 1 aliphatic heterocycles. The molecule has 5 heteroatoms. The lowest BCUT2D eigenvalue weighted by atomic mass is 10.1. The minimum absolute atomic E-state index is 0.726. The van der Waals surface area contributed by atoms with Crippen molar-refractivity contribution in [3.63, 3.8) is 0 Å². The van der Waals surface area contributed by atoms with Crippen LogP contribution >= 0.6 is 22.9 Å². The smallest absolute Gasteiger partial charge is 0.146 e. The van der Waals surface area contributed by atoms with E-state index in [4.69, 9.17) is 21.6 Å². The predicted octanol–water partition coefficient (Wildman–Crippen LogP) is 8.00. The molecule has 0 bridgehead atoms. The summed E-state index contributed by atoms with van der Waals surface area (Å²) in [5.74, 6) is 1.04. The largest absolute Gasteiger partial charge is 0.356 e. The molecule has 0 amide bonds. The number of hydrogen-bond donors (Lipinski definition) is 0. The molecule has 0 unspecified atom stereocenters. The Balaban J connectivity index is 1.65. The summed E-state index contributed by atoms with van der Waals surface area (Å²) in [5.41, 5.74) is 5.46. The van der Waals surface area contributed by atoms with Crippen LogP contribution in [0.1, 0.15) is 30.4 Å². The van der Waals surface area contributed by atoms with Gasteiger partial charge < -0.3 is 4.90 Å². The van der Waals surface area contributed by atoms with Crippen LogP contribution in [0.2, 0.25) is 5.02 Å². The van der Waals surface area contributed by atoms with E-state index in [0.29, 0.717) is 0 Å². The van der Waals surface area contributed by atoms with E-state index in [2.05, 4.69) is 60.4 Å². The number of piperidine rings is 1.